The van der Waals surface area contributed by atoms with Crippen molar-refractivity contribution >= 4 is 13.8 Å². The van der Waals surface area contributed by atoms with E-state index in [2.05, 4.69) is 86.8 Å². The number of hydrogen-bond acceptors (Lipinski definition) is 7. The van der Waals surface area contributed by atoms with Crippen LogP contribution in [0.15, 0.2) is 72.9 Å². The second-order valence-corrected chi connectivity index (χ2v) is 18.1. The van der Waals surface area contributed by atoms with Gasteiger partial charge in [-0.15, -0.1) is 0 Å². The van der Waals surface area contributed by atoms with Crippen LogP contribution < -0.4 is 5.73 Å². The molecule has 0 bridgehead atoms. The molecule has 0 saturated carbocycles. The summed E-state index contributed by atoms with van der Waals surface area (Å²) in [6, 6.07) is 0. The Morgan fingerprint density at radius 2 is 0.903 bits per heavy atom. The van der Waals surface area contributed by atoms with Crippen LogP contribution in [0.4, 0.5) is 0 Å². The normalized spacial score (nSPS) is 13.9. The zero-order valence-electron chi connectivity index (χ0n) is 40.1. The Morgan fingerprint density at radius 1 is 0.500 bits per heavy atom. The second kappa shape index (κ2) is 49.9. The molecule has 62 heavy (non-hydrogen) atoms. The Labute approximate surface area is 382 Å². The summed E-state index contributed by atoms with van der Waals surface area (Å²) in [7, 11) is -4.30. The van der Waals surface area contributed by atoms with Crippen LogP contribution >= 0.6 is 7.82 Å². The van der Waals surface area contributed by atoms with E-state index in [1.54, 1.807) is 0 Å². The van der Waals surface area contributed by atoms with Gasteiger partial charge in [-0.25, -0.2) is 4.57 Å². The van der Waals surface area contributed by atoms with E-state index in [1.807, 2.05) is 0 Å². The lowest BCUT2D eigenvalue weighted by Crippen LogP contribution is -2.28. The van der Waals surface area contributed by atoms with Gasteiger partial charge in [0.05, 0.1) is 19.8 Å². The van der Waals surface area contributed by atoms with E-state index in [0.29, 0.717) is 13.0 Å². The van der Waals surface area contributed by atoms with Gasteiger partial charge in [0, 0.05) is 19.6 Å². The van der Waals surface area contributed by atoms with E-state index in [1.165, 1.54) is 128 Å². The third kappa shape index (κ3) is 49.0. The number of carbonyl (C=O) groups excluding carboxylic acids is 1. The lowest BCUT2D eigenvalue weighted by Gasteiger charge is -2.20. The third-order valence-electron chi connectivity index (χ3n) is 10.6. The molecule has 9 heteroatoms. The van der Waals surface area contributed by atoms with Gasteiger partial charge in [-0.2, -0.15) is 0 Å². The molecule has 0 rings (SSSR count). The molecule has 0 saturated heterocycles. The molecule has 0 amide bonds. The molecule has 0 aromatic rings. The average molecular weight is 890 g/mol. The second-order valence-electron chi connectivity index (χ2n) is 16.6. The number of unbranched alkanes of at least 4 members (excludes halogenated alkanes) is 23. The van der Waals surface area contributed by atoms with Gasteiger partial charge in [0.1, 0.15) is 6.10 Å². The van der Waals surface area contributed by atoms with Crippen LogP contribution in [0.3, 0.4) is 0 Å². The summed E-state index contributed by atoms with van der Waals surface area (Å²) < 4.78 is 33.5. The Kier molecular flexibility index (Phi) is 48.3. The lowest BCUT2D eigenvalue weighted by atomic mass is 10.0. The van der Waals surface area contributed by atoms with E-state index < -0.39 is 13.9 Å². The first-order valence-electron chi connectivity index (χ1n) is 25.4. The molecule has 0 spiro atoms. The molecule has 0 aliphatic rings. The Bertz CT molecular complexity index is 1180. The van der Waals surface area contributed by atoms with Gasteiger partial charge < -0.3 is 20.1 Å². The fourth-order valence-electron chi connectivity index (χ4n) is 6.90. The largest absolute Gasteiger partial charge is 0.472 e. The van der Waals surface area contributed by atoms with Gasteiger partial charge in [-0.3, -0.25) is 13.8 Å². The van der Waals surface area contributed by atoms with Crippen molar-refractivity contribution < 1.29 is 32.8 Å². The summed E-state index contributed by atoms with van der Waals surface area (Å²) >= 11 is 0. The quantitative estimate of drug-likeness (QED) is 0.0268. The van der Waals surface area contributed by atoms with Gasteiger partial charge >= 0.3 is 13.8 Å². The highest BCUT2D eigenvalue weighted by Gasteiger charge is 2.25. The molecule has 2 unspecified atom stereocenters. The highest BCUT2D eigenvalue weighted by atomic mass is 31.2. The monoisotopic (exact) mass is 890 g/mol. The molecule has 0 aliphatic heterocycles. The molecule has 0 aliphatic carbocycles. The van der Waals surface area contributed by atoms with Crippen LogP contribution in [-0.2, 0) is 27.9 Å². The van der Waals surface area contributed by atoms with E-state index >= 15 is 0 Å². The van der Waals surface area contributed by atoms with E-state index in [-0.39, 0.29) is 38.8 Å². The zero-order valence-corrected chi connectivity index (χ0v) is 41.0. The highest BCUT2D eigenvalue weighted by Crippen LogP contribution is 2.43. The summed E-state index contributed by atoms with van der Waals surface area (Å²) in [5, 5.41) is 0. The number of rotatable bonds is 48. The fourth-order valence-corrected chi connectivity index (χ4v) is 7.67. The molecule has 3 N–H and O–H groups in total. The number of nitrogens with two attached hydrogens (primary N) is 1. The van der Waals surface area contributed by atoms with Crippen molar-refractivity contribution in [3.8, 4) is 0 Å². The van der Waals surface area contributed by atoms with Crippen molar-refractivity contribution in [2.75, 3.05) is 33.0 Å². The minimum absolute atomic E-state index is 0.0917. The topological polar surface area (TPSA) is 117 Å². The first-order chi connectivity index (χ1) is 30.4. The number of carbonyl (C=O) groups is 1. The standard InChI is InChI=1S/C53H96NO7P/c1-3-5-7-9-11-13-15-17-19-21-23-24-25-26-27-29-31-33-35-37-39-41-43-45-48-58-50-52(51-60-62(56,57)59-49-47-54)61-53(55)46-44-42-40-38-36-34-32-30-28-22-20-18-16-14-12-10-8-6-4-2/h6,8,12,14,18,20-21,23,28,30,34,36,52H,3-5,7,9-11,13,15-17,19,22,24-27,29,31-33,35,37-51,54H2,1-2H3,(H,56,57)/b8-6-,14-12-,20-18-,23-21-,30-28-,36-34-. The Morgan fingerprint density at radius 3 is 1.37 bits per heavy atom. The minimum Gasteiger partial charge on any atom is -0.457 e. The predicted molar refractivity (Wildman–Crippen MR) is 265 cm³/mol. The Balaban J connectivity index is 3.99. The third-order valence-corrected chi connectivity index (χ3v) is 11.6. The van der Waals surface area contributed by atoms with Crippen molar-refractivity contribution in [3.63, 3.8) is 0 Å². The van der Waals surface area contributed by atoms with E-state index in [9.17, 15) is 14.3 Å². The van der Waals surface area contributed by atoms with Gasteiger partial charge in [0.25, 0.3) is 0 Å². The summed E-state index contributed by atoms with van der Waals surface area (Å²) in [5.74, 6) is -0.361. The van der Waals surface area contributed by atoms with E-state index in [4.69, 9.17) is 24.3 Å². The van der Waals surface area contributed by atoms with Crippen LogP contribution in [-0.4, -0.2) is 49.9 Å². The summed E-state index contributed by atoms with van der Waals surface area (Å²) in [4.78, 5) is 22.6. The predicted octanol–water partition coefficient (Wildman–Crippen LogP) is 15.9. The number of hydrogen-bond donors (Lipinski definition) is 2. The summed E-state index contributed by atoms with van der Waals surface area (Å²) in [6.45, 7) is 4.77. The molecule has 0 heterocycles. The van der Waals surface area contributed by atoms with Crippen molar-refractivity contribution in [2.24, 2.45) is 5.73 Å². The van der Waals surface area contributed by atoms with Gasteiger partial charge in [-0.1, -0.05) is 202 Å². The van der Waals surface area contributed by atoms with Crippen molar-refractivity contribution in [1.82, 2.24) is 0 Å². The number of allylic oxidation sites excluding steroid dienone is 12. The molecular weight excluding hydrogens is 794 g/mol. The van der Waals surface area contributed by atoms with E-state index in [0.717, 1.165) is 64.2 Å². The SMILES string of the molecule is CC/C=C\C/C=C\C/C=C\C/C=C\C/C=C\CCCCCC(=O)OC(COCCCCCCCCCCCCCC/C=C\CCCCCCCCCC)COP(=O)(O)OCCN. The molecule has 0 aromatic heterocycles. The molecule has 2 atom stereocenters. The number of phosphoric acid groups is 1. The van der Waals surface area contributed by atoms with Crippen LogP contribution in [0.5, 0.6) is 0 Å². The lowest BCUT2D eigenvalue weighted by molar-refractivity contribution is -0.154. The van der Waals surface area contributed by atoms with Crippen LogP contribution in [0.25, 0.3) is 0 Å². The number of esters is 1. The maximum Gasteiger partial charge on any atom is 0.472 e. The maximum atomic E-state index is 12.6. The van der Waals surface area contributed by atoms with Gasteiger partial charge in [0.15, 0.2) is 0 Å². The van der Waals surface area contributed by atoms with Crippen LogP contribution in [0, 0.1) is 0 Å². The molecule has 0 aromatic carbocycles. The fraction of sp³-hybridized carbons (Fsp3) is 0.755. The molecular formula is C53H96NO7P. The smallest absolute Gasteiger partial charge is 0.457 e. The van der Waals surface area contributed by atoms with Crippen molar-refractivity contribution in [2.45, 2.75) is 225 Å². The molecule has 360 valence electrons. The summed E-state index contributed by atoms with van der Waals surface area (Å²) in [5.41, 5.74) is 5.38. The highest BCUT2D eigenvalue weighted by molar-refractivity contribution is 7.47. The average Bonchev–Trinajstić information content (AvgIpc) is 3.26. The molecule has 8 nitrogen and oxygen atoms in total. The Hall–Kier alpha value is -2.06. The molecule has 0 fully saturated rings. The van der Waals surface area contributed by atoms with Crippen molar-refractivity contribution in [1.29, 1.82) is 0 Å². The minimum atomic E-state index is -4.30. The maximum absolute atomic E-state index is 12.6. The number of ether oxygens (including phenoxy) is 2. The summed E-state index contributed by atoms with van der Waals surface area (Å²) in [6.07, 6.45) is 63.7. The van der Waals surface area contributed by atoms with Crippen molar-refractivity contribution in [3.05, 3.63) is 72.9 Å². The van der Waals surface area contributed by atoms with Gasteiger partial charge in [0.2, 0.25) is 0 Å². The van der Waals surface area contributed by atoms with Crippen LogP contribution in [0.2, 0.25) is 0 Å². The first-order valence-corrected chi connectivity index (χ1v) is 26.9. The number of phosphoric ester groups is 1. The molecule has 0 radical (unpaired) electrons. The zero-order chi connectivity index (χ0) is 45.1. The van der Waals surface area contributed by atoms with Crippen LogP contribution in [0.1, 0.15) is 219 Å². The van der Waals surface area contributed by atoms with Gasteiger partial charge in [-0.05, 0) is 83.5 Å². The first kappa shape index (κ1) is 59.9.